The summed E-state index contributed by atoms with van der Waals surface area (Å²) in [6.07, 6.45) is 1.96. The molecular formula is C18H14F8N4O2. The number of amides is 2. The number of nitrogens with zero attached hydrogens (tertiary/aromatic N) is 2. The van der Waals surface area contributed by atoms with E-state index in [1.807, 2.05) is 0 Å². The van der Waals surface area contributed by atoms with Crippen LogP contribution in [0, 0.1) is 13.8 Å². The van der Waals surface area contributed by atoms with Gasteiger partial charge in [-0.2, -0.15) is 35.1 Å². The number of hydrogen-bond acceptors (Lipinski definition) is 4. The molecule has 14 heteroatoms. The largest absolute Gasteiger partial charge is 0.393 e. The summed E-state index contributed by atoms with van der Waals surface area (Å²) < 4.78 is 112. The topological polar surface area (TPSA) is 84.0 Å². The third-order valence-corrected chi connectivity index (χ3v) is 4.07. The van der Waals surface area contributed by atoms with Crippen LogP contribution in [0.15, 0.2) is 36.7 Å². The molecule has 0 aliphatic carbocycles. The molecule has 0 atom stereocenters. The van der Waals surface area contributed by atoms with Gasteiger partial charge in [0.2, 0.25) is 0 Å². The molecule has 0 aromatic carbocycles. The quantitative estimate of drug-likeness (QED) is 0.594. The molecule has 0 saturated heterocycles. The van der Waals surface area contributed by atoms with Crippen molar-refractivity contribution in [3.63, 3.8) is 0 Å². The maximum atomic E-state index is 14.0. The van der Waals surface area contributed by atoms with Crippen molar-refractivity contribution in [2.45, 2.75) is 37.5 Å². The summed E-state index contributed by atoms with van der Waals surface area (Å²) in [5, 5.41) is 2.32. The lowest BCUT2D eigenvalue weighted by Gasteiger charge is -2.35. The Bertz CT molecular complexity index is 948. The normalized spacial score (nSPS) is 12.9. The smallest absolute Gasteiger partial charge is 0.305 e. The number of aromatic nitrogens is 2. The van der Waals surface area contributed by atoms with Crippen LogP contribution in [-0.4, -0.2) is 45.5 Å². The molecule has 0 radical (unpaired) electrons. The number of alkyl halides is 8. The molecule has 2 heterocycles. The van der Waals surface area contributed by atoms with Crippen LogP contribution in [0.1, 0.15) is 11.1 Å². The Morgan fingerprint density at radius 1 is 0.688 bits per heavy atom. The van der Waals surface area contributed by atoms with E-state index < -0.39 is 47.1 Å². The Morgan fingerprint density at radius 2 is 1.00 bits per heavy atom. The van der Waals surface area contributed by atoms with Gasteiger partial charge >= 0.3 is 35.5 Å². The number of anilines is 2. The van der Waals surface area contributed by atoms with Gasteiger partial charge < -0.3 is 10.6 Å². The Balaban J connectivity index is 2.33. The van der Waals surface area contributed by atoms with Crippen molar-refractivity contribution >= 4 is 23.5 Å². The molecule has 6 nitrogen and oxygen atoms in total. The zero-order chi connectivity index (χ0) is 24.5. The Morgan fingerprint density at radius 3 is 1.28 bits per heavy atom. The van der Waals surface area contributed by atoms with Gasteiger partial charge in [-0.3, -0.25) is 9.59 Å². The van der Waals surface area contributed by atoms with Crippen molar-refractivity contribution in [2.24, 2.45) is 0 Å². The van der Waals surface area contributed by atoms with Crippen molar-refractivity contribution < 1.29 is 44.7 Å². The van der Waals surface area contributed by atoms with Crippen LogP contribution >= 0.6 is 0 Å². The highest BCUT2D eigenvalue weighted by Gasteiger charge is 2.84. The summed E-state index contributed by atoms with van der Waals surface area (Å²) in [6.45, 7) is 2.81. The minimum absolute atomic E-state index is 0.323. The third kappa shape index (κ3) is 4.34. The monoisotopic (exact) mass is 470 g/mol. The number of carbonyl (C=O) groups excluding carboxylic acids is 2. The number of hydrogen-bond donors (Lipinski definition) is 2. The van der Waals surface area contributed by atoms with E-state index in [9.17, 15) is 44.7 Å². The van der Waals surface area contributed by atoms with Gasteiger partial charge in [-0.1, -0.05) is 0 Å². The Kier molecular flexibility index (Phi) is 6.48. The van der Waals surface area contributed by atoms with Gasteiger partial charge in [-0.05, 0) is 49.2 Å². The maximum Gasteiger partial charge on any atom is 0.393 e. The fraction of sp³-hybridized carbons (Fsp3) is 0.333. The molecule has 2 aromatic heterocycles. The van der Waals surface area contributed by atoms with E-state index in [1.165, 1.54) is 26.0 Å². The van der Waals surface area contributed by atoms with Crippen LogP contribution in [0.3, 0.4) is 0 Å². The first-order valence-corrected chi connectivity index (χ1v) is 8.53. The lowest BCUT2D eigenvalue weighted by molar-refractivity contribution is -0.345. The van der Waals surface area contributed by atoms with E-state index in [1.54, 1.807) is 0 Å². The predicted molar refractivity (Wildman–Crippen MR) is 95.0 cm³/mol. The highest BCUT2D eigenvalue weighted by Crippen LogP contribution is 2.53. The van der Waals surface area contributed by atoms with Crippen LogP contribution < -0.4 is 10.6 Å². The summed E-state index contributed by atoms with van der Waals surface area (Å²) in [7, 11) is 0. The van der Waals surface area contributed by atoms with Crippen molar-refractivity contribution in [1.82, 2.24) is 9.97 Å². The SMILES string of the molecule is Cc1ccnc(NC(=O)C(F)(F)C(F)(F)C(F)(F)C(F)(F)C(=O)Nc2cc(C)ccn2)c1. The Labute approximate surface area is 175 Å². The summed E-state index contributed by atoms with van der Waals surface area (Å²) in [4.78, 5) is 29.9. The predicted octanol–water partition coefficient (Wildman–Crippen LogP) is 4.21. The van der Waals surface area contributed by atoms with Crippen LogP contribution in [0.4, 0.5) is 46.8 Å². The first-order chi connectivity index (χ1) is 14.5. The van der Waals surface area contributed by atoms with E-state index in [0.717, 1.165) is 35.2 Å². The van der Waals surface area contributed by atoms with E-state index >= 15 is 0 Å². The second-order valence-electron chi connectivity index (χ2n) is 6.64. The fourth-order valence-corrected chi connectivity index (χ4v) is 2.28. The van der Waals surface area contributed by atoms with Crippen molar-refractivity contribution in [3.8, 4) is 0 Å². The fourth-order valence-electron chi connectivity index (χ4n) is 2.28. The van der Waals surface area contributed by atoms with Crippen molar-refractivity contribution in [2.75, 3.05) is 10.6 Å². The molecule has 2 N–H and O–H groups in total. The van der Waals surface area contributed by atoms with Gasteiger partial charge in [0, 0.05) is 12.4 Å². The number of carbonyl (C=O) groups is 2. The van der Waals surface area contributed by atoms with Gasteiger partial charge in [0.15, 0.2) is 0 Å². The highest BCUT2D eigenvalue weighted by molar-refractivity contribution is 5.98. The molecule has 174 valence electrons. The molecule has 0 spiro atoms. The van der Waals surface area contributed by atoms with Gasteiger partial charge in [0.05, 0.1) is 0 Å². The minimum Gasteiger partial charge on any atom is -0.305 e. The van der Waals surface area contributed by atoms with Crippen molar-refractivity contribution in [3.05, 3.63) is 47.8 Å². The molecule has 0 fully saturated rings. The molecule has 2 amide bonds. The minimum atomic E-state index is -6.99. The molecule has 0 aliphatic heterocycles. The lowest BCUT2D eigenvalue weighted by Crippen LogP contribution is -2.67. The van der Waals surface area contributed by atoms with Crippen LogP contribution in [0.25, 0.3) is 0 Å². The van der Waals surface area contributed by atoms with Gasteiger partial charge in [0.1, 0.15) is 11.6 Å². The number of halogens is 8. The summed E-state index contributed by atoms with van der Waals surface area (Å²) >= 11 is 0. The molecule has 32 heavy (non-hydrogen) atoms. The van der Waals surface area contributed by atoms with Gasteiger partial charge in [-0.25, -0.2) is 9.97 Å². The first kappa shape index (κ1) is 24.9. The molecule has 0 unspecified atom stereocenters. The molecular weight excluding hydrogens is 456 g/mol. The van der Waals surface area contributed by atoms with Gasteiger partial charge in [-0.15, -0.1) is 0 Å². The summed E-state index contributed by atoms with van der Waals surface area (Å²) in [5.74, 6) is -34.2. The second-order valence-corrected chi connectivity index (χ2v) is 6.64. The average molecular weight is 470 g/mol. The third-order valence-electron chi connectivity index (χ3n) is 4.07. The summed E-state index contributed by atoms with van der Waals surface area (Å²) in [6, 6.07) is 4.53. The Hall–Kier alpha value is -3.32. The molecule has 2 rings (SSSR count). The number of rotatable bonds is 7. The van der Waals surface area contributed by atoms with Crippen LogP contribution in [0.2, 0.25) is 0 Å². The number of nitrogens with one attached hydrogen (secondary N) is 2. The maximum absolute atomic E-state index is 14.0. The lowest BCUT2D eigenvalue weighted by atomic mass is 9.97. The van der Waals surface area contributed by atoms with E-state index in [-0.39, 0.29) is 0 Å². The number of pyridine rings is 2. The first-order valence-electron chi connectivity index (χ1n) is 8.53. The zero-order valence-electron chi connectivity index (χ0n) is 16.2. The van der Waals surface area contributed by atoms with E-state index in [0.29, 0.717) is 11.1 Å². The zero-order valence-corrected chi connectivity index (χ0v) is 16.2. The van der Waals surface area contributed by atoms with Gasteiger partial charge in [0.25, 0.3) is 0 Å². The molecule has 2 aromatic rings. The summed E-state index contributed by atoms with van der Waals surface area (Å²) in [5.41, 5.74) is 0.646. The van der Waals surface area contributed by atoms with Crippen molar-refractivity contribution in [1.29, 1.82) is 0 Å². The van der Waals surface area contributed by atoms with E-state index in [4.69, 9.17) is 0 Å². The standard InChI is InChI=1S/C18H14F8N4O2/c1-9-3-5-27-11(7-9)29-13(31)15(19,20)17(23,24)18(25,26)16(21,22)14(32)30-12-8-10(2)4-6-28-12/h3-8H,1-2H3,(H,27,29,31)(H,28,30,32). The van der Waals surface area contributed by atoms with E-state index in [2.05, 4.69) is 9.97 Å². The molecule has 0 aliphatic rings. The van der Waals surface area contributed by atoms with Crippen LogP contribution in [-0.2, 0) is 9.59 Å². The van der Waals surface area contributed by atoms with Crippen LogP contribution in [0.5, 0.6) is 0 Å². The highest BCUT2D eigenvalue weighted by atomic mass is 19.4. The average Bonchev–Trinajstić information content (AvgIpc) is 2.67. The molecule has 0 saturated carbocycles. The second kappa shape index (κ2) is 8.31. The molecule has 0 bridgehead atoms. The number of aryl methyl sites for hydroxylation is 2.